The molecule has 1 aliphatic heterocycles. The van der Waals surface area contributed by atoms with Gasteiger partial charge in [0, 0.05) is 31.6 Å². The van der Waals surface area contributed by atoms with E-state index in [2.05, 4.69) is 5.32 Å². The Balaban J connectivity index is 0.00000264. The lowest BCUT2D eigenvalue weighted by Gasteiger charge is -2.22. The summed E-state index contributed by atoms with van der Waals surface area (Å²) < 4.78 is 16.0. The Bertz CT molecular complexity index is 508. The molecule has 1 aromatic carbocycles. The maximum absolute atomic E-state index is 12.4. The van der Waals surface area contributed by atoms with E-state index in [4.69, 9.17) is 14.2 Å². The predicted molar refractivity (Wildman–Crippen MR) is 92.4 cm³/mol. The molecule has 23 heavy (non-hydrogen) atoms. The second kappa shape index (κ2) is 8.84. The van der Waals surface area contributed by atoms with Crippen molar-refractivity contribution in [3.05, 3.63) is 12.1 Å². The monoisotopic (exact) mass is 344 g/mol. The number of rotatable bonds is 6. The molecule has 1 aromatic rings. The van der Waals surface area contributed by atoms with E-state index in [0.29, 0.717) is 23.7 Å². The Morgan fingerprint density at radius 2 is 1.83 bits per heavy atom. The highest BCUT2D eigenvalue weighted by molar-refractivity contribution is 5.94. The van der Waals surface area contributed by atoms with Gasteiger partial charge in [0.05, 0.1) is 27.0 Å². The summed E-state index contributed by atoms with van der Waals surface area (Å²) in [5.41, 5.74) is 0.720. The zero-order valence-corrected chi connectivity index (χ0v) is 14.9. The molecule has 1 heterocycles. The van der Waals surface area contributed by atoms with Crippen LogP contribution >= 0.6 is 12.4 Å². The molecule has 1 N–H and O–H groups in total. The van der Waals surface area contributed by atoms with Gasteiger partial charge >= 0.3 is 0 Å². The van der Waals surface area contributed by atoms with Crippen molar-refractivity contribution in [2.24, 2.45) is 0 Å². The van der Waals surface area contributed by atoms with Gasteiger partial charge < -0.3 is 24.4 Å². The van der Waals surface area contributed by atoms with E-state index in [1.54, 1.807) is 45.4 Å². The topological polar surface area (TPSA) is 60.0 Å². The number of carbonyl (C=O) groups is 1. The minimum Gasteiger partial charge on any atom is -0.493 e. The third-order valence-corrected chi connectivity index (χ3v) is 3.99. The van der Waals surface area contributed by atoms with E-state index in [1.165, 1.54) is 0 Å². The summed E-state index contributed by atoms with van der Waals surface area (Å²) in [6.07, 6.45) is 2.67. The zero-order chi connectivity index (χ0) is 16.1. The number of nitrogens with one attached hydrogen (secondary N) is 1. The molecule has 1 saturated heterocycles. The number of methoxy groups -OCH3 is 3. The van der Waals surface area contributed by atoms with Crippen molar-refractivity contribution in [2.75, 3.05) is 39.8 Å². The number of amides is 1. The number of hydrogen-bond donors (Lipinski definition) is 1. The van der Waals surface area contributed by atoms with Crippen molar-refractivity contribution in [3.8, 4) is 17.2 Å². The van der Waals surface area contributed by atoms with Gasteiger partial charge in [-0.15, -0.1) is 12.4 Å². The average Bonchev–Trinajstić information content (AvgIpc) is 3.05. The number of nitrogens with zero attached hydrogens (tertiary/aromatic N) is 1. The van der Waals surface area contributed by atoms with E-state index in [1.807, 2.05) is 0 Å². The predicted octanol–water partition coefficient (Wildman–Crippen LogP) is 2.24. The Kier molecular flexibility index (Phi) is 7.45. The summed E-state index contributed by atoms with van der Waals surface area (Å²) >= 11 is 0. The number of halogens is 1. The molecule has 1 aliphatic rings. The maximum Gasteiger partial charge on any atom is 0.228 e. The maximum atomic E-state index is 12.4. The lowest BCUT2D eigenvalue weighted by molar-refractivity contribution is -0.118. The van der Waals surface area contributed by atoms with Crippen LogP contribution in [-0.4, -0.2) is 46.9 Å². The Morgan fingerprint density at radius 1 is 1.22 bits per heavy atom. The molecule has 6 nitrogen and oxygen atoms in total. The van der Waals surface area contributed by atoms with Gasteiger partial charge in [0.2, 0.25) is 11.7 Å². The molecule has 1 amide bonds. The van der Waals surface area contributed by atoms with Gasteiger partial charge in [0.15, 0.2) is 11.5 Å². The van der Waals surface area contributed by atoms with Gasteiger partial charge in [0.1, 0.15) is 0 Å². The van der Waals surface area contributed by atoms with Gasteiger partial charge in [-0.1, -0.05) is 0 Å². The average molecular weight is 345 g/mol. The molecule has 0 saturated carbocycles. The summed E-state index contributed by atoms with van der Waals surface area (Å²) in [5.74, 6) is 1.66. The number of benzene rings is 1. The largest absolute Gasteiger partial charge is 0.493 e. The summed E-state index contributed by atoms with van der Waals surface area (Å²) in [4.78, 5) is 14.1. The number of carbonyl (C=O) groups excluding carboxylic acids is 1. The van der Waals surface area contributed by atoms with Crippen molar-refractivity contribution in [2.45, 2.75) is 25.3 Å². The summed E-state index contributed by atoms with van der Waals surface area (Å²) in [5, 5.41) is 3.34. The lowest BCUT2D eigenvalue weighted by atomic mass is 10.1. The van der Waals surface area contributed by atoms with E-state index in [-0.39, 0.29) is 24.4 Å². The first-order valence-corrected chi connectivity index (χ1v) is 7.40. The van der Waals surface area contributed by atoms with Crippen LogP contribution in [0.2, 0.25) is 0 Å². The van der Waals surface area contributed by atoms with E-state index >= 15 is 0 Å². The van der Waals surface area contributed by atoms with Crippen molar-refractivity contribution in [3.63, 3.8) is 0 Å². The van der Waals surface area contributed by atoms with Gasteiger partial charge in [-0.3, -0.25) is 4.79 Å². The van der Waals surface area contributed by atoms with Crippen molar-refractivity contribution >= 4 is 24.0 Å². The molecular weight excluding hydrogens is 320 g/mol. The van der Waals surface area contributed by atoms with Gasteiger partial charge in [-0.2, -0.15) is 0 Å². The Labute approximate surface area is 143 Å². The SMILES string of the molecule is COc1cc(N(C)C(=O)CC2CCCN2)cc(OC)c1OC.Cl. The highest BCUT2D eigenvalue weighted by Gasteiger charge is 2.22. The third-order valence-electron chi connectivity index (χ3n) is 3.99. The minimum atomic E-state index is 0. The summed E-state index contributed by atoms with van der Waals surface area (Å²) in [6, 6.07) is 3.83. The molecule has 0 bridgehead atoms. The Hall–Kier alpha value is -1.66. The normalized spacial score (nSPS) is 16.4. The molecule has 130 valence electrons. The number of ether oxygens (including phenoxy) is 3. The first-order chi connectivity index (χ1) is 10.6. The van der Waals surface area contributed by atoms with Crippen LogP contribution in [0.5, 0.6) is 17.2 Å². The quantitative estimate of drug-likeness (QED) is 0.857. The molecule has 0 aromatic heterocycles. The molecule has 7 heteroatoms. The first kappa shape index (κ1) is 19.4. The molecule has 1 atom stereocenters. The summed E-state index contributed by atoms with van der Waals surface area (Å²) in [7, 11) is 6.44. The van der Waals surface area contributed by atoms with Gasteiger partial charge in [-0.05, 0) is 19.4 Å². The molecule has 1 fully saturated rings. The standard InChI is InChI=1S/C16H24N2O4.ClH/c1-18(15(19)8-11-6-5-7-17-11)12-9-13(20-2)16(22-4)14(10-12)21-3;/h9-11,17H,5-8H2,1-4H3;1H. The van der Waals surface area contributed by atoms with Gasteiger partial charge in [0.25, 0.3) is 0 Å². The smallest absolute Gasteiger partial charge is 0.228 e. The minimum absolute atomic E-state index is 0. The van der Waals surface area contributed by atoms with Crippen molar-refractivity contribution in [1.82, 2.24) is 5.32 Å². The lowest BCUT2D eigenvalue weighted by Crippen LogP contribution is -2.33. The van der Waals surface area contributed by atoms with Crippen LogP contribution in [0.25, 0.3) is 0 Å². The highest BCUT2D eigenvalue weighted by atomic mass is 35.5. The van der Waals surface area contributed by atoms with E-state index in [0.717, 1.165) is 25.1 Å². The van der Waals surface area contributed by atoms with Crippen LogP contribution in [-0.2, 0) is 4.79 Å². The molecule has 0 aliphatic carbocycles. The van der Waals surface area contributed by atoms with Crippen LogP contribution < -0.4 is 24.4 Å². The molecule has 2 rings (SSSR count). The highest BCUT2D eigenvalue weighted by Crippen LogP contribution is 2.40. The molecule has 1 unspecified atom stereocenters. The van der Waals surface area contributed by atoms with E-state index < -0.39 is 0 Å². The van der Waals surface area contributed by atoms with Crippen LogP contribution in [0.3, 0.4) is 0 Å². The zero-order valence-electron chi connectivity index (χ0n) is 14.0. The first-order valence-electron chi connectivity index (χ1n) is 7.40. The van der Waals surface area contributed by atoms with Crippen LogP contribution in [0, 0.1) is 0 Å². The van der Waals surface area contributed by atoms with E-state index in [9.17, 15) is 4.79 Å². The number of anilines is 1. The second-order valence-corrected chi connectivity index (χ2v) is 5.33. The fourth-order valence-electron chi connectivity index (χ4n) is 2.68. The van der Waals surface area contributed by atoms with Crippen LogP contribution in [0.15, 0.2) is 12.1 Å². The molecular formula is C16H25ClN2O4. The number of hydrogen-bond acceptors (Lipinski definition) is 5. The van der Waals surface area contributed by atoms with Crippen LogP contribution in [0.1, 0.15) is 19.3 Å². The fraction of sp³-hybridized carbons (Fsp3) is 0.562. The Morgan fingerprint density at radius 3 is 2.26 bits per heavy atom. The molecule has 0 spiro atoms. The van der Waals surface area contributed by atoms with Gasteiger partial charge in [-0.25, -0.2) is 0 Å². The summed E-state index contributed by atoms with van der Waals surface area (Å²) in [6.45, 7) is 0.992. The van der Waals surface area contributed by atoms with Crippen LogP contribution in [0.4, 0.5) is 5.69 Å². The van der Waals surface area contributed by atoms with Crippen molar-refractivity contribution < 1.29 is 19.0 Å². The second-order valence-electron chi connectivity index (χ2n) is 5.33. The van der Waals surface area contributed by atoms with Crippen molar-refractivity contribution in [1.29, 1.82) is 0 Å². The third kappa shape index (κ3) is 4.42. The molecule has 0 radical (unpaired) electrons. The fourth-order valence-corrected chi connectivity index (χ4v) is 2.68.